The van der Waals surface area contributed by atoms with Crippen molar-refractivity contribution in [2.75, 3.05) is 4.90 Å². The molecule has 5 aromatic carbocycles. The summed E-state index contributed by atoms with van der Waals surface area (Å²) in [5, 5.41) is 19.3. The molecule has 0 amide bonds. The van der Waals surface area contributed by atoms with E-state index in [1.807, 2.05) is 48.5 Å². The first kappa shape index (κ1) is 21.7. The van der Waals surface area contributed by atoms with E-state index in [1.165, 1.54) is 11.1 Å². The average Bonchev–Trinajstić information content (AvgIpc) is 2.91. The van der Waals surface area contributed by atoms with Crippen LogP contribution in [0, 0.1) is 0 Å². The van der Waals surface area contributed by atoms with Crippen molar-refractivity contribution < 1.29 is 10.0 Å². The molecule has 0 aliphatic rings. The lowest BCUT2D eigenvalue weighted by molar-refractivity contribution is 0.426. The van der Waals surface area contributed by atoms with Gasteiger partial charge in [-0.2, -0.15) is 0 Å². The normalized spacial score (nSPS) is 10.6. The molecule has 0 heterocycles. The summed E-state index contributed by atoms with van der Waals surface area (Å²) >= 11 is 0. The topological polar surface area (TPSA) is 43.7 Å². The van der Waals surface area contributed by atoms with E-state index in [1.54, 1.807) is 12.1 Å². The Hall–Kier alpha value is -4.12. The van der Waals surface area contributed by atoms with Crippen LogP contribution >= 0.6 is 0 Å². The minimum Gasteiger partial charge on any atom is -0.423 e. The van der Waals surface area contributed by atoms with Gasteiger partial charge < -0.3 is 14.9 Å². The molecule has 0 fully saturated rings. The summed E-state index contributed by atoms with van der Waals surface area (Å²) in [6.45, 7) is 0. The molecule has 0 atom stereocenters. The van der Waals surface area contributed by atoms with Gasteiger partial charge in [-0.25, -0.2) is 0 Å². The monoisotopic (exact) mass is 441 g/mol. The second-order valence-electron chi connectivity index (χ2n) is 8.13. The molecule has 0 bridgehead atoms. The molecule has 0 aliphatic carbocycles. The molecule has 0 unspecified atom stereocenters. The second kappa shape index (κ2) is 9.80. The number of hydrogen-bond donors (Lipinski definition) is 2. The summed E-state index contributed by atoms with van der Waals surface area (Å²) < 4.78 is 0. The van der Waals surface area contributed by atoms with E-state index < -0.39 is 7.12 Å². The quantitative estimate of drug-likeness (QED) is 0.310. The largest absolute Gasteiger partial charge is 0.488 e. The molecule has 0 radical (unpaired) electrons. The van der Waals surface area contributed by atoms with E-state index in [0.29, 0.717) is 5.46 Å². The Morgan fingerprint density at radius 1 is 0.412 bits per heavy atom. The smallest absolute Gasteiger partial charge is 0.423 e. The number of benzene rings is 5. The lowest BCUT2D eigenvalue weighted by Crippen LogP contribution is -2.30. The van der Waals surface area contributed by atoms with E-state index in [0.717, 1.165) is 28.2 Å². The third kappa shape index (κ3) is 4.64. The van der Waals surface area contributed by atoms with Crippen LogP contribution in [0.4, 0.5) is 17.1 Å². The van der Waals surface area contributed by atoms with Crippen LogP contribution in [-0.2, 0) is 0 Å². The van der Waals surface area contributed by atoms with Crippen LogP contribution in [0.5, 0.6) is 0 Å². The maximum atomic E-state index is 9.66. The van der Waals surface area contributed by atoms with Gasteiger partial charge in [-0.3, -0.25) is 0 Å². The van der Waals surface area contributed by atoms with Crippen molar-refractivity contribution in [1.29, 1.82) is 0 Å². The fourth-order valence-corrected chi connectivity index (χ4v) is 4.14. The number of nitrogens with zero attached hydrogens (tertiary/aromatic N) is 1. The SMILES string of the molecule is OB(O)c1cccc(N(c2ccccc2)c2ccc(-c3ccc(-c4ccccc4)cc3)cc2)c1. The Morgan fingerprint density at radius 2 is 0.853 bits per heavy atom. The van der Waals surface area contributed by atoms with Crippen LogP contribution < -0.4 is 10.4 Å². The van der Waals surface area contributed by atoms with Crippen molar-refractivity contribution in [1.82, 2.24) is 0 Å². The molecule has 0 aliphatic heterocycles. The highest BCUT2D eigenvalue weighted by molar-refractivity contribution is 6.58. The van der Waals surface area contributed by atoms with Gasteiger partial charge in [0.1, 0.15) is 0 Å². The van der Waals surface area contributed by atoms with E-state index in [-0.39, 0.29) is 0 Å². The highest BCUT2D eigenvalue weighted by Crippen LogP contribution is 2.35. The van der Waals surface area contributed by atoms with Gasteiger partial charge in [-0.15, -0.1) is 0 Å². The van der Waals surface area contributed by atoms with Gasteiger partial charge in [0.25, 0.3) is 0 Å². The van der Waals surface area contributed by atoms with Crippen LogP contribution in [0.2, 0.25) is 0 Å². The second-order valence-corrected chi connectivity index (χ2v) is 8.13. The molecule has 0 saturated heterocycles. The van der Waals surface area contributed by atoms with Crippen molar-refractivity contribution in [3.05, 3.63) is 133 Å². The summed E-state index contributed by atoms with van der Waals surface area (Å²) in [5.41, 5.74) is 7.98. The standard InChI is InChI=1S/C30H24BNO2/c33-31(34)27-10-7-13-30(22-27)32(28-11-5-2-6-12-28)29-20-18-26(19-21-29)25-16-14-24(15-17-25)23-8-3-1-4-9-23/h1-22,33-34H. The Labute approximate surface area is 200 Å². The molecule has 34 heavy (non-hydrogen) atoms. The molecule has 0 aromatic heterocycles. The van der Waals surface area contributed by atoms with Gasteiger partial charge in [0.2, 0.25) is 0 Å². The Morgan fingerprint density at radius 3 is 1.41 bits per heavy atom. The molecule has 2 N–H and O–H groups in total. The van der Waals surface area contributed by atoms with Gasteiger partial charge in [0.15, 0.2) is 0 Å². The molecule has 0 spiro atoms. The summed E-state index contributed by atoms with van der Waals surface area (Å²) in [4.78, 5) is 2.11. The third-order valence-corrected chi connectivity index (χ3v) is 5.89. The molecule has 4 heteroatoms. The predicted molar refractivity (Wildman–Crippen MR) is 142 cm³/mol. The predicted octanol–water partition coefficient (Wildman–Crippen LogP) is 6.17. The zero-order chi connectivity index (χ0) is 23.3. The van der Waals surface area contributed by atoms with Gasteiger partial charge in [-0.1, -0.05) is 97.1 Å². The lowest BCUT2D eigenvalue weighted by atomic mass is 9.80. The highest BCUT2D eigenvalue weighted by Gasteiger charge is 2.16. The Balaban J connectivity index is 1.48. The van der Waals surface area contributed by atoms with Crippen LogP contribution in [0.3, 0.4) is 0 Å². The molecule has 3 nitrogen and oxygen atoms in total. The number of anilines is 3. The molecule has 5 aromatic rings. The molecular formula is C30H24BNO2. The van der Waals surface area contributed by atoms with Crippen LogP contribution in [0.15, 0.2) is 133 Å². The number of para-hydroxylation sites is 1. The van der Waals surface area contributed by atoms with Gasteiger partial charge in [0, 0.05) is 17.1 Å². The Bertz CT molecular complexity index is 1350. The third-order valence-electron chi connectivity index (χ3n) is 5.89. The van der Waals surface area contributed by atoms with E-state index >= 15 is 0 Å². The van der Waals surface area contributed by atoms with Crippen molar-refractivity contribution in [3.8, 4) is 22.3 Å². The van der Waals surface area contributed by atoms with Crippen molar-refractivity contribution in [2.45, 2.75) is 0 Å². The minimum absolute atomic E-state index is 0.452. The fourth-order valence-electron chi connectivity index (χ4n) is 4.14. The summed E-state index contributed by atoms with van der Waals surface area (Å²) in [6, 6.07) is 44.8. The maximum Gasteiger partial charge on any atom is 0.488 e. The maximum absolute atomic E-state index is 9.66. The number of rotatable bonds is 6. The average molecular weight is 441 g/mol. The van der Waals surface area contributed by atoms with Crippen LogP contribution in [-0.4, -0.2) is 17.2 Å². The van der Waals surface area contributed by atoms with Crippen LogP contribution in [0.1, 0.15) is 0 Å². The first-order valence-corrected chi connectivity index (χ1v) is 11.3. The lowest BCUT2D eigenvalue weighted by Gasteiger charge is -2.26. The first-order valence-electron chi connectivity index (χ1n) is 11.3. The minimum atomic E-state index is -1.51. The van der Waals surface area contributed by atoms with Crippen LogP contribution in [0.25, 0.3) is 22.3 Å². The van der Waals surface area contributed by atoms with Crippen molar-refractivity contribution >= 4 is 29.6 Å². The van der Waals surface area contributed by atoms with E-state index in [4.69, 9.17) is 0 Å². The molecule has 164 valence electrons. The zero-order valence-electron chi connectivity index (χ0n) is 18.6. The van der Waals surface area contributed by atoms with Gasteiger partial charge >= 0.3 is 7.12 Å². The zero-order valence-corrected chi connectivity index (χ0v) is 18.6. The summed E-state index contributed by atoms with van der Waals surface area (Å²) in [6.07, 6.45) is 0. The molecule has 5 rings (SSSR count). The number of hydrogen-bond acceptors (Lipinski definition) is 3. The molecule has 0 saturated carbocycles. The van der Waals surface area contributed by atoms with E-state index in [2.05, 4.69) is 77.7 Å². The van der Waals surface area contributed by atoms with E-state index in [9.17, 15) is 10.0 Å². The fraction of sp³-hybridized carbons (Fsp3) is 0. The van der Waals surface area contributed by atoms with Gasteiger partial charge in [0.05, 0.1) is 0 Å². The van der Waals surface area contributed by atoms with Crippen molar-refractivity contribution in [2.24, 2.45) is 0 Å². The highest BCUT2D eigenvalue weighted by atomic mass is 16.4. The van der Waals surface area contributed by atoms with Crippen molar-refractivity contribution in [3.63, 3.8) is 0 Å². The Kier molecular flexibility index (Phi) is 6.26. The summed E-state index contributed by atoms with van der Waals surface area (Å²) in [7, 11) is -1.51. The molecular weight excluding hydrogens is 417 g/mol. The summed E-state index contributed by atoms with van der Waals surface area (Å²) in [5.74, 6) is 0. The van der Waals surface area contributed by atoms with Gasteiger partial charge in [-0.05, 0) is 64.1 Å². The first-order chi connectivity index (χ1) is 16.7.